The molecule has 3 rings (SSSR count). The Morgan fingerprint density at radius 1 is 1.17 bits per heavy atom. The van der Waals surface area contributed by atoms with Crippen molar-refractivity contribution in [3.63, 3.8) is 0 Å². The van der Waals surface area contributed by atoms with Gasteiger partial charge in [0.15, 0.2) is 0 Å². The van der Waals surface area contributed by atoms with Crippen molar-refractivity contribution in [2.45, 2.75) is 6.54 Å². The SMILES string of the molecule is O=C(NCc1cc(Br)ccc1F)c1cc2ccccc2[nH]c1=O. The van der Waals surface area contributed by atoms with Gasteiger partial charge in [0.25, 0.3) is 11.5 Å². The van der Waals surface area contributed by atoms with E-state index in [9.17, 15) is 14.0 Å². The third kappa shape index (κ3) is 3.32. The lowest BCUT2D eigenvalue weighted by Gasteiger charge is -2.07. The summed E-state index contributed by atoms with van der Waals surface area (Å²) in [4.78, 5) is 26.9. The van der Waals surface area contributed by atoms with Crippen LogP contribution in [0, 0.1) is 5.82 Å². The van der Waals surface area contributed by atoms with E-state index >= 15 is 0 Å². The van der Waals surface area contributed by atoms with Crippen molar-refractivity contribution < 1.29 is 9.18 Å². The predicted octanol–water partition coefficient (Wildman–Crippen LogP) is 3.36. The Bertz CT molecular complexity index is 953. The zero-order valence-electron chi connectivity index (χ0n) is 11.9. The van der Waals surface area contributed by atoms with E-state index in [0.29, 0.717) is 15.6 Å². The summed E-state index contributed by atoms with van der Waals surface area (Å²) < 4.78 is 14.4. The second-order valence-electron chi connectivity index (χ2n) is 5.02. The molecule has 116 valence electrons. The predicted molar refractivity (Wildman–Crippen MR) is 89.8 cm³/mol. The van der Waals surface area contributed by atoms with Gasteiger partial charge >= 0.3 is 0 Å². The van der Waals surface area contributed by atoms with Crippen LogP contribution in [0.2, 0.25) is 0 Å². The fourth-order valence-corrected chi connectivity index (χ4v) is 2.67. The number of benzene rings is 2. The molecule has 1 heterocycles. The van der Waals surface area contributed by atoms with Crippen molar-refractivity contribution in [2.24, 2.45) is 0 Å². The van der Waals surface area contributed by atoms with Crippen molar-refractivity contribution in [3.05, 3.63) is 80.3 Å². The van der Waals surface area contributed by atoms with Crippen molar-refractivity contribution >= 4 is 32.7 Å². The number of aromatic nitrogens is 1. The first-order valence-corrected chi connectivity index (χ1v) is 7.68. The van der Waals surface area contributed by atoms with E-state index in [-0.39, 0.29) is 12.1 Å². The van der Waals surface area contributed by atoms with Crippen LogP contribution in [0.15, 0.2) is 57.8 Å². The van der Waals surface area contributed by atoms with E-state index in [2.05, 4.69) is 26.2 Å². The Labute approximate surface area is 139 Å². The average Bonchev–Trinajstić information content (AvgIpc) is 2.54. The first-order chi connectivity index (χ1) is 11.0. The van der Waals surface area contributed by atoms with Crippen molar-refractivity contribution in [1.82, 2.24) is 10.3 Å². The summed E-state index contributed by atoms with van der Waals surface area (Å²) in [5.41, 5.74) is 0.520. The molecule has 0 aliphatic rings. The number of nitrogens with one attached hydrogen (secondary N) is 2. The standard InChI is InChI=1S/C17H12BrFN2O2/c18-12-5-6-14(19)11(7-12)9-20-16(22)13-8-10-3-1-2-4-15(10)21-17(13)23/h1-8H,9H2,(H,20,22)(H,21,23). The Hall–Kier alpha value is -2.47. The molecule has 1 amide bonds. The number of carbonyl (C=O) groups excluding carboxylic acids is 1. The maximum atomic E-state index is 13.7. The van der Waals surface area contributed by atoms with Crippen LogP contribution in [-0.4, -0.2) is 10.9 Å². The van der Waals surface area contributed by atoms with E-state index in [1.165, 1.54) is 12.1 Å². The molecular weight excluding hydrogens is 363 g/mol. The van der Waals surface area contributed by atoms with Crippen LogP contribution < -0.4 is 10.9 Å². The lowest BCUT2D eigenvalue weighted by molar-refractivity contribution is 0.0949. The van der Waals surface area contributed by atoms with Gasteiger partial charge in [-0.3, -0.25) is 9.59 Å². The highest BCUT2D eigenvalue weighted by Crippen LogP contribution is 2.15. The van der Waals surface area contributed by atoms with Gasteiger partial charge in [0.1, 0.15) is 11.4 Å². The molecular formula is C17H12BrFN2O2. The monoisotopic (exact) mass is 374 g/mol. The number of para-hydroxylation sites is 1. The second-order valence-corrected chi connectivity index (χ2v) is 5.93. The minimum Gasteiger partial charge on any atom is -0.348 e. The molecule has 0 aliphatic heterocycles. The number of aromatic amines is 1. The summed E-state index contributed by atoms with van der Waals surface area (Å²) in [6.07, 6.45) is 0. The van der Waals surface area contributed by atoms with Gasteiger partial charge in [-0.25, -0.2) is 4.39 Å². The average molecular weight is 375 g/mol. The highest BCUT2D eigenvalue weighted by molar-refractivity contribution is 9.10. The number of H-pyrrole nitrogens is 1. The van der Waals surface area contributed by atoms with Gasteiger partial charge in [-0.05, 0) is 35.7 Å². The molecule has 0 bridgehead atoms. The zero-order valence-corrected chi connectivity index (χ0v) is 13.5. The first-order valence-electron chi connectivity index (χ1n) is 6.89. The van der Waals surface area contributed by atoms with Crippen LogP contribution in [-0.2, 0) is 6.54 Å². The van der Waals surface area contributed by atoms with E-state index in [1.807, 2.05) is 6.07 Å². The van der Waals surface area contributed by atoms with E-state index in [4.69, 9.17) is 0 Å². The molecule has 3 aromatic rings. The molecule has 0 aliphatic carbocycles. The van der Waals surface area contributed by atoms with Crippen LogP contribution in [0.3, 0.4) is 0 Å². The molecule has 1 aromatic heterocycles. The number of rotatable bonds is 3. The number of hydrogen-bond donors (Lipinski definition) is 2. The third-order valence-corrected chi connectivity index (χ3v) is 3.94. The van der Waals surface area contributed by atoms with Gasteiger partial charge in [0, 0.05) is 22.1 Å². The first kappa shape index (κ1) is 15.4. The molecule has 0 spiro atoms. The fourth-order valence-electron chi connectivity index (χ4n) is 2.27. The van der Waals surface area contributed by atoms with Gasteiger partial charge in [-0.1, -0.05) is 34.1 Å². The van der Waals surface area contributed by atoms with Crippen LogP contribution in [0.1, 0.15) is 15.9 Å². The maximum absolute atomic E-state index is 13.7. The molecule has 0 atom stereocenters. The summed E-state index contributed by atoms with van der Waals surface area (Å²) in [7, 11) is 0. The van der Waals surface area contributed by atoms with Crippen LogP contribution in [0.4, 0.5) is 4.39 Å². The molecule has 2 aromatic carbocycles. The minimum absolute atomic E-state index is 0.000829. The van der Waals surface area contributed by atoms with Gasteiger partial charge < -0.3 is 10.3 Å². The number of carbonyl (C=O) groups is 1. The summed E-state index contributed by atoms with van der Waals surface area (Å²) in [6.45, 7) is -0.00360. The van der Waals surface area contributed by atoms with Gasteiger partial charge in [0.05, 0.1) is 0 Å². The molecule has 0 radical (unpaired) electrons. The number of amides is 1. The Balaban J connectivity index is 1.85. The molecule has 4 nitrogen and oxygen atoms in total. The van der Waals surface area contributed by atoms with Crippen molar-refractivity contribution in [3.8, 4) is 0 Å². The summed E-state index contributed by atoms with van der Waals surface area (Å²) in [5.74, 6) is -0.961. The lowest BCUT2D eigenvalue weighted by atomic mass is 10.1. The molecule has 23 heavy (non-hydrogen) atoms. The number of halogens is 2. The van der Waals surface area contributed by atoms with Crippen LogP contribution in [0.5, 0.6) is 0 Å². The number of hydrogen-bond acceptors (Lipinski definition) is 2. The van der Waals surface area contributed by atoms with E-state index < -0.39 is 17.3 Å². The largest absolute Gasteiger partial charge is 0.348 e. The maximum Gasteiger partial charge on any atom is 0.261 e. The highest BCUT2D eigenvalue weighted by atomic mass is 79.9. The second kappa shape index (κ2) is 6.34. The van der Waals surface area contributed by atoms with Gasteiger partial charge in [-0.15, -0.1) is 0 Å². The van der Waals surface area contributed by atoms with Gasteiger partial charge in [-0.2, -0.15) is 0 Å². The Morgan fingerprint density at radius 2 is 1.96 bits per heavy atom. The topological polar surface area (TPSA) is 62.0 Å². The molecule has 2 N–H and O–H groups in total. The quantitative estimate of drug-likeness (QED) is 0.738. The minimum atomic E-state index is -0.545. The fraction of sp³-hybridized carbons (Fsp3) is 0.0588. The van der Waals surface area contributed by atoms with Crippen LogP contribution in [0.25, 0.3) is 10.9 Å². The number of fused-ring (bicyclic) bond motifs is 1. The van der Waals surface area contributed by atoms with Gasteiger partial charge in [0.2, 0.25) is 0 Å². The summed E-state index contributed by atoms with van der Waals surface area (Å²) >= 11 is 3.25. The van der Waals surface area contributed by atoms with E-state index in [0.717, 1.165) is 5.39 Å². The Kier molecular flexibility index (Phi) is 4.25. The summed E-state index contributed by atoms with van der Waals surface area (Å²) in [6, 6.07) is 13.2. The van der Waals surface area contributed by atoms with E-state index in [1.54, 1.807) is 30.3 Å². The normalized spacial score (nSPS) is 10.7. The lowest BCUT2D eigenvalue weighted by Crippen LogP contribution is -2.29. The van der Waals surface area contributed by atoms with Crippen molar-refractivity contribution in [1.29, 1.82) is 0 Å². The summed E-state index contributed by atoms with van der Waals surface area (Å²) in [5, 5.41) is 3.32. The van der Waals surface area contributed by atoms with Crippen LogP contribution >= 0.6 is 15.9 Å². The highest BCUT2D eigenvalue weighted by Gasteiger charge is 2.12. The van der Waals surface area contributed by atoms with Crippen molar-refractivity contribution in [2.75, 3.05) is 0 Å². The molecule has 6 heteroatoms. The smallest absolute Gasteiger partial charge is 0.261 e. The molecule has 0 saturated carbocycles. The number of pyridine rings is 1. The Morgan fingerprint density at radius 3 is 2.78 bits per heavy atom. The zero-order chi connectivity index (χ0) is 16.4. The third-order valence-electron chi connectivity index (χ3n) is 3.45. The molecule has 0 fully saturated rings. The molecule has 0 unspecified atom stereocenters. The molecule has 0 saturated heterocycles.